The molecule has 2 unspecified atom stereocenters. The molecule has 19 heteroatoms. The molecule has 0 aromatic heterocycles. The highest BCUT2D eigenvalue weighted by molar-refractivity contribution is 7.47. The Morgan fingerprint density at radius 3 is 0.646 bits per heavy atom. The summed E-state index contributed by atoms with van der Waals surface area (Å²) in [5.41, 5.74) is 0. The van der Waals surface area contributed by atoms with Gasteiger partial charge in [-0.3, -0.25) is 37.3 Å². The molecule has 0 amide bonds. The molecular formula is C77H150O17P2. The largest absolute Gasteiger partial charge is 0.472 e. The van der Waals surface area contributed by atoms with E-state index >= 15 is 0 Å². The zero-order valence-electron chi connectivity index (χ0n) is 63.0. The molecule has 96 heavy (non-hydrogen) atoms. The first kappa shape index (κ1) is 94.1. The molecule has 0 fully saturated rings. The molecule has 17 nitrogen and oxygen atoms in total. The second-order valence-electron chi connectivity index (χ2n) is 29.7. The Kier molecular flexibility index (Phi) is 65.0. The second-order valence-corrected chi connectivity index (χ2v) is 32.6. The molecule has 0 aliphatic carbocycles. The van der Waals surface area contributed by atoms with Crippen LogP contribution in [-0.2, 0) is 65.4 Å². The minimum atomic E-state index is -4.96. The minimum absolute atomic E-state index is 0.104. The van der Waals surface area contributed by atoms with E-state index in [1.165, 1.54) is 186 Å². The van der Waals surface area contributed by atoms with E-state index in [-0.39, 0.29) is 25.7 Å². The van der Waals surface area contributed by atoms with E-state index in [0.29, 0.717) is 31.6 Å². The van der Waals surface area contributed by atoms with Crippen molar-refractivity contribution in [3.63, 3.8) is 0 Å². The van der Waals surface area contributed by atoms with Crippen LogP contribution in [0.2, 0.25) is 0 Å². The maximum absolute atomic E-state index is 13.1. The number of carbonyl (C=O) groups excluding carboxylic acids is 4. The lowest BCUT2D eigenvalue weighted by Crippen LogP contribution is -2.30. The number of hydrogen-bond acceptors (Lipinski definition) is 15. The fourth-order valence-electron chi connectivity index (χ4n) is 11.7. The van der Waals surface area contributed by atoms with Crippen molar-refractivity contribution in [2.24, 2.45) is 23.7 Å². The summed E-state index contributed by atoms with van der Waals surface area (Å²) in [6, 6.07) is 0. The molecule has 0 saturated heterocycles. The van der Waals surface area contributed by atoms with Crippen molar-refractivity contribution in [2.45, 2.75) is 408 Å². The summed E-state index contributed by atoms with van der Waals surface area (Å²) in [5.74, 6) is 0.894. The van der Waals surface area contributed by atoms with Gasteiger partial charge in [0.2, 0.25) is 0 Å². The van der Waals surface area contributed by atoms with Crippen molar-refractivity contribution < 1.29 is 80.2 Å². The predicted molar refractivity (Wildman–Crippen MR) is 391 cm³/mol. The standard InChI is InChI=1S/C77H150O17P2/c1-67(2)53-45-37-29-23-18-14-11-9-10-12-16-21-27-33-43-51-59-76(81)93-72(63-87-74(79)57-49-41-32-26-20-17-13-15-19-24-30-38-46-54-68(3)4)65-91-95(83,84)89-61-71(78)62-90-96(85,86)92-66-73(64-88-75(80)58-50-42-36-35-40-48-56-70(7)8)94-77(82)60-52-44-34-28-22-25-31-39-47-55-69(5)6/h67-73,78H,9-66H2,1-8H3,(H,83,84)(H,85,86)/t71-,72-,73-/m1/s1. The number of phosphoric acid groups is 2. The molecule has 0 spiro atoms. The van der Waals surface area contributed by atoms with Crippen LogP contribution in [-0.4, -0.2) is 96.7 Å². The lowest BCUT2D eigenvalue weighted by molar-refractivity contribution is -0.161. The van der Waals surface area contributed by atoms with Crippen molar-refractivity contribution in [3.05, 3.63) is 0 Å². The fourth-order valence-corrected chi connectivity index (χ4v) is 13.3. The van der Waals surface area contributed by atoms with Gasteiger partial charge in [-0.15, -0.1) is 0 Å². The fraction of sp³-hybridized carbons (Fsp3) is 0.948. The first-order valence-electron chi connectivity index (χ1n) is 39.7. The Hall–Kier alpha value is -1.94. The number of unbranched alkanes of at least 4 members (excludes halogenated alkanes) is 40. The van der Waals surface area contributed by atoms with Gasteiger partial charge in [-0.05, 0) is 49.4 Å². The van der Waals surface area contributed by atoms with Crippen LogP contribution in [0.3, 0.4) is 0 Å². The Morgan fingerprint density at radius 2 is 0.438 bits per heavy atom. The van der Waals surface area contributed by atoms with Crippen LogP contribution in [0.5, 0.6) is 0 Å². The number of carbonyl (C=O) groups is 4. The van der Waals surface area contributed by atoms with Gasteiger partial charge >= 0.3 is 39.5 Å². The van der Waals surface area contributed by atoms with Gasteiger partial charge in [-0.1, -0.05) is 338 Å². The van der Waals surface area contributed by atoms with Crippen molar-refractivity contribution in [3.8, 4) is 0 Å². The Bertz CT molecular complexity index is 1880. The van der Waals surface area contributed by atoms with Gasteiger partial charge in [0.1, 0.15) is 19.3 Å². The van der Waals surface area contributed by atoms with Gasteiger partial charge < -0.3 is 33.8 Å². The summed E-state index contributed by atoms with van der Waals surface area (Å²) in [6.45, 7) is 14.2. The molecule has 0 aliphatic heterocycles. The van der Waals surface area contributed by atoms with E-state index in [2.05, 4.69) is 55.4 Å². The molecule has 570 valence electrons. The van der Waals surface area contributed by atoms with Gasteiger partial charge in [-0.25, -0.2) is 9.13 Å². The van der Waals surface area contributed by atoms with Crippen LogP contribution in [0.15, 0.2) is 0 Å². The lowest BCUT2D eigenvalue weighted by Gasteiger charge is -2.21. The maximum atomic E-state index is 13.1. The predicted octanol–water partition coefficient (Wildman–Crippen LogP) is 22.4. The number of aliphatic hydroxyl groups is 1. The molecular weight excluding hydrogens is 1260 g/mol. The van der Waals surface area contributed by atoms with E-state index < -0.39 is 97.5 Å². The monoisotopic (exact) mass is 1410 g/mol. The summed E-state index contributed by atoms with van der Waals surface area (Å²) in [5, 5.41) is 10.6. The Labute approximate surface area is 588 Å². The molecule has 0 aromatic rings. The SMILES string of the molecule is CC(C)CCCCCCCCCCCCCCCCCCC(=O)O[C@H](COC(=O)CCCCCCCCCCCCCCCC(C)C)COP(=O)(O)OC[C@@H](O)COP(=O)(O)OC[C@@H](COC(=O)CCCCCCCCC(C)C)OC(=O)CCCCCCCCCCCC(C)C. The third kappa shape index (κ3) is 70.5. The van der Waals surface area contributed by atoms with Gasteiger partial charge in [0.15, 0.2) is 12.2 Å². The molecule has 5 atom stereocenters. The molecule has 0 aliphatic rings. The Balaban J connectivity index is 5.23. The normalized spacial score (nSPS) is 14.1. The quantitative estimate of drug-likeness (QED) is 0.0222. The first-order valence-corrected chi connectivity index (χ1v) is 42.7. The summed E-state index contributed by atoms with van der Waals surface area (Å²) < 4.78 is 68.5. The van der Waals surface area contributed by atoms with Crippen molar-refractivity contribution >= 4 is 39.5 Å². The summed E-state index contributed by atoms with van der Waals surface area (Å²) in [7, 11) is -9.91. The minimum Gasteiger partial charge on any atom is -0.462 e. The van der Waals surface area contributed by atoms with E-state index in [0.717, 1.165) is 114 Å². The number of esters is 4. The molecule has 0 bridgehead atoms. The first-order chi connectivity index (χ1) is 46.1. The average molecular weight is 1410 g/mol. The highest BCUT2D eigenvalue weighted by atomic mass is 31.2. The zero-order valence-corrected chi connectivity index (χ0v) is 64.8. The average Bonchev–Trinajstić information content (AvgIpc) is 1.07. The van der Waals surface area contributed by atoms with Gasteiger partial charge in [0, 0.05) is 25.7 Å². The van der Waals surface area contributed by atoms with Gasteiger partial charge in [-0.2, -0.15) is 0 Å². The molecule has 0 aromatic carbocycles. The number of ether oxygens (including phenoxy) is 4. The van der Waals surface area contributed by atoms with Crippen LogP contribution in [0.1, 0.15) is 389 Å². The van der Waals surface area contributed by atoms with Gasteiger partial charge in [0.25, 0.3) is 0 Å². The molecule has 0 heterocycles. The summed E-state index contributed by atoms with van der Waals surface area (Å²) >= 11 is 0. The van der Waals surface area contributed by atoms with Gasteiger partial charge in [0.05, 0.1) is 26.4 Å². The van der Waals surface area contributed by atoms with E-state index in [1.807, 2.05) is 0 Å². The Morgan fingerprint density at radius 1 is 0.260 bits per heavy atom. The number of rotatable bonds is 74. The molecule has 0 saturated carbocycles. The number of phosphoric ester groups is 2. The van der Waals surface area contributed by atoms with Crippen molar-refractivity contribution in [2.75, 3.05) is 39.6 Å². The van der Waals surface area contributed by atoms with E-state index in [1.54, 1.807) is 0 Å². The highest BCUT2D eigenvalue weighted by Crippen LogP contribution is 2.45. The molecule has 0 rings (SSSR count). The third-order valence-corrected chi connectivity index (χ3v) is 19.7. The lowest BCUT2D eigenvalue weighted by atomic mass is 10.0. The zero-order chi connectivity index (χ0) is 71.0. The maximum Gasteiger partial charge on any atom is 0.472 e. The highest BCUT2D eigenvalue weighted by Gasteiger charge is 2.30. The topological polar surface area (TPSA) is 237 Å². The summed E-state index contributed by atoms with van der Waals surface area (Å²) in [6.07, 6.45) is 51.6. The van der Waals surface area contributed by atoms with E-state index in [4.69, 9.17) is 37.0 Å². The van der Waals surface area contributed by atoms with Crippen LogP contribution < -0.4 is 0 Å². The number of hydrogen-bond donors (Lipinski definition) is 3. The third-order valence-electron chi connectivity index (χ3n) is 17.8. The smallest absolute Gasteiger partial charge is 0.462 e. The molecule has 3 N–H and O–H groups in total. The summed E-state index contributed by atoms with van der Waals surface area (Å²) in [4.78, 5) is 72.8. The number of aliphatic hydroxyl groups excluding tert-OH is 1. The van der Waals surface area contributed by atoms with Crippen molar-refractivity contribution in [1.82, 2.24) is 0 Å². The molecule has 0 radical (unpaired) electrons. The van der Waals surface area contributed by atoms with Crippen molar-refractivity contribution in [1.29, 1.82) is 0 Å². The van der Waals surface area contributed by atoms with Crippen LogP contribution in [0.4, 0.5) is 0 Å². The van der Waals surface area contributed by atoms with Crippen LogP contribution >= 0.6 is 15.6 Å². The van der Waals surface area contributed by atoms with Crippen LogP contribution in [0, 0.1) is 23.7 Å². The van der Waals surface area contributed by atoms with Crippen LogP contribution in [0.25, 0.3) is 0 Å². The van der Waals surface area contributed by atoms with E-state index in [9.17, 15) is 43.2 Å². The second kappa shape index (κ2) is 66.3.